The van der Waals surface area contributed by atoms with Crippen molar-refractivity contribution in [3.63, 3.8) is 0 Å². The second-order valence-electron chi connectivity index (χ2n) is 1.94. The molecule has 0 saturated heterocycles. The molecule has 10 heavy (non-hydrogen) atoms. The van der Waals surface area contributed by atoms with Crippen LogP contribution in [0.25, 0.3) is 0 Å². The highest BCUT2D eigenvalue weighted by Crippen LogP contribution is 2.35. The van der Waals surface area contributed by atoms with Crippen molar-refractivity contribution in [2.45, 2.75) is 18.5 Å². The first-order valence-corrected chi connectivity index (χ1v) is 2.53. The van der Waals surface area contributed by atoms with Gasteiger partial charge in [-0.15, -0.1) is 0 Å². The van der Waals surface area contributed by atoms with E-state index in [1.165, 1.54) is 0 Å². The lowest BCUT2D eigenvalue weighted by Gasteiger charge is -2.02. The van der Waals surface area contributed by atoms with Crippen LogP contribution in [0.1, 0.15) is 0 Å². The number of alkyl halides is 3. The van der Waals surface area contributed by atoms with Crippen LogP contribution >= 0.6 is 0 Å². The van der Waals surface area contributed by atoms with Gasteiger partial charge < -0.3 is 0 Å². The summed E-state index contributed by atoms with van der Waals surface area (Å²) in [6.07, 6.45) is -8.26. The molecule has 0 aromatic heterocycles. The van der Waals surface area contributed by atoms with Crippen molar-refractivity contribution in [2.24, 2.45) is 0 Å². The van der Waals surface area contributed by atoms with Crippen LogP contribution < -0.4 is 0 Å². The summed E-state index contributed by atoms with van der Waals surface area (Å²) in [5.41, 5.74) is 0. The summed E-state index contributed by atoms with van der Waals surface area (Å²) in [5.74, 6) is -3.92. The molecule has 0 aromatic carbocycles. The Kier molecular flexibility index (Phi) is 1.66. The quantitative estimate of drug-likeness (QED) is 0.474. The molecule has 0 aromatic rings. The van der Waals surface area contributed by atoms with Crippen molar-refractivity contribution < 1.29 is 22.0 Å². The fraction of sp³-hybridized carbons (Fsp3) is 0.600. The molecule has 0 spiro atoms. The third-order valence-corrected chi connectivity index (χ3v) is 1.27. The van der Waals surface area contributed by atoms with Gasteiger partial charge in [0.1, 0.15) is 0 Å². The zero-order valence-corrected chi connectivity index (χ0v) is 4.62. The molecule has 5 heteroatoms. The lowest BCUT2D eigenvalue weighted by molar-refractivity contribution is 0.127. The topological polar surface area (TPSA) is 0 Å². The molecule has 0 fully saturated rings. The first kappa shape index (κ1) is 7.50. The van der Waals surface area contributed by atoms with Gasteiger partial charge in [-0.05, 0) is 0 Å². The summed E-state index contributed by atoms with van der Waals surface area (Å²) in [5, 5.41) is 0. The minimum absolute atomic E-state index is 1.96. The molecule has 1 aliphatic rings. The summed E-state index contributed by atoms with van der Waals surface area (Å²) < 4.78 is 59.5. The van der Waals surface area contributed by atoms with Crippen molar-refractivity contribution >= 4 is 0 Å². The zero-order valence-electron chi connectivity index (χ0n) is 4.62. The number of hydrogen-bond donors (Lipinski definition) is 0. The molecule has 0 amide bonds. The van der Waals surface area contributed by atoms with Crippen molar-refractivity contribution in [1.29, 1.82) is 0 Å². The van der Waals surface area contributed by atoms with E-state index >= 15 is 0 Å². The number of rotatable bonds is 0. The van der Waals surface area contributed by atoms with Crippen LogP contribution in [0.4, 0.5) is 22.0 Å². The maximum atomic E-state index is 11.9. The lowest BCUT2D eigenvalue weighted by atomic mass is 10.3. The Morgan fingerprint density at radius 3 is 1.20 bits per heavy atom. The minimum atomic E-state index is -2.77. The molecule has 0 radical (unpaired) electrons. The van der Waals surface area contributed by atoms with E-state index < -0.39 is 30.2 Å². The Balaban J connectivity index is 2.88. The van der Waals surface area contributed by atoms with Gasteiger partial charge in [-0.3, -0.25) is 0 Å². The zero-order chi connectivity index (χ0) is 7.89. The van der Waals surface area contributed by atoms with Crippen molar-refractivity contribution in [2.75, 3.05) is 0 Å². The first-order chi connectivity index (χ1) is 4.55. The SMILES string of the molecule is FC1=C(F)C(F)C(F)C1F. The second-order valence-corrected chi connectivity index (χ2v) is 1.94. The largest absolute Gasteiger partial charge is 0.240 e. The number of halogens is 5. The van der Waals surface area contributed by atoms with Crippen LogP contribution in [-0.2, 0) is 0 Å². The van der Waals surface area contributed by atoms with Gasteiger partial charge in [0.05, 0.1) is 0 Å². The standard InChI is InChI=1S/C5H3F5/c6-1-2(7)4(9)5(10)3(1)8/h1-3H. The Bertz CT molecular complexity index is 157. The number of hydrogen-bond acceptors (Lipinski definition) is 0. The second kappa shape index (κ2) is 2.21. The van der Waals surface area contributed by atoms with Gasteiger partial charge in [0.25, 0.3) is 0 Å². The molecule has 1 rings (SSSR count). The maximum Gasteiger partial charge on any atom is 0.188 e. The van der Waals surface area contributed by atoms with E-state index in [0.29, 0.717) is 0 Å². The average molecular weight is 158 g/mol. The number of allylic oxidation sites excluding steroid dienone is 2. The summed E-state index contributed by atoms with van der Waals surface area (Å²) in [6.45, 7) is 0. The summed E-state index contributed by atoms with van der Waals surface area (Å²) in [4.78, 5) is 0. The molecule has 0 heterocycles. The normalized spacial score (nSPS) is 41.1. The van der Waals surface area contributed by atoms with Crippen LogP contribution in [0.5, 0.6) is 0 Å². The fourth-order valence-electron chi connectivity index (χ4n) is 0.691. The molecular weight excluding hydrogens is 155 g/mol. The molecule has 58 valence electrons. The molecule has 0 nitrogen and oxygen atoms in total. The van der Waals surface area contributed by atoms with Crippen LogP contribution in [0, 0.1) is 0 Å². The predicted octanol–water partition coefficient (Wildman–Crippen LogP) is 2.16. The van der Waals surface area contributed by atoms with E-state index in [1.807, 2.05) is 0 Å². The molecule has 0 saturated carbocycles. The average Bonchev–Trinajstić information content (AvgIpc) is 2.07. The van der Waals surface area contributed by atoms with E-state index in [2.05, 4.69) is 0 Å². The Labute approximate surface area is 53.3 Å². The van der Waals surface area contributed by atoms with Crippen molar-refractivity contribution in [3.8, 4) is 0 Å². The molecule has 1 aliphatic carbocycles. The van der Waals surface area contributed by atoms with E-state index in [0.717, 1.165) is 0 Å². The summed E-state index contributed by atoms with van der Waals surface area (Å²) in [6, 6.07) is 0. The van der Waals surface area contributed by atoms with Crippen LogP contribution in [0.2, 0.25) is 0 Å². The Morgan fingerprint density at radius 2 is 1.10 bits per heavy atom. The third kappa shape index (κ3) is 0.803. The minimum Gasteiger partial charge on any atom is -0.240 e. The van der Waals surface area contributed by atoms with Gasteiger partial charge >= 0.3 is 0 Å². The van der Waals surface area contributed by atoms with Crippen LogP contribution in [-0.4, -0.2) is 18.5 Å². The van der Waals surface area contributed by atoms with Gasteiger partial charge in [0.2, 0.25) is 0 Å². The van der Waals surface area contributed by atoms with E-state index in [4.69, 9.17) is 0 Å². The summed E-state index contributed by atoms with van der Waals surface area (Å²) in [7, 11) is 0. The van der Waals surface area contributed by atoms with Crippen LogP contribution in [0.3, 0.4) is 0 Å². The molecule has 2 unspecified atom stereocenters. The summed E-state index contributed by atoms with van der Waals surface area (Å²) >= 11 is 0. The molecule has 0 bridgehead atoms. The van der Waals surface area contributed by atoms with Crippen molar-refractivity contribution in [3.05, 3.63) is 11.7 Å². The highest BCUT2D eigenvalue weighted by atomic mass is 19.2. The highest BCUT2D eigenvalue weighted by Gasteiger charge is 2.45. The maximum absolute atomic E-state index is 11.9. The Morgan fingerprint density at radius 1 is 0.800 bits per heavy atom. The van der Waals surface area contributed by atoms with Crippen LogP contribution in [0.15, 0.2) is 11.7 Å². The van der Waals surface area contributed by atoms with Gasteiger partial charge in [-0.1, -0.05) is 0 Å². The van der Waals surface area contributed by atoms with Gasteiger partial charge in [0.15, 0.2) is 30.2 Å². The lowest BCUT2D eigenvalue weighted by Crippen LogP contribution is -2.20. The molecule has 0 N–H and O–H groups in total. The van der Waals surface area contributed by atoms with E-state index in [9.17, 15) is 22.0 Å². The van der Waals surface area contributed by atoms with E-state index in [1.54, 1.807) is 0 Å². The molecular formula is C5H3F5. The smallest absolute Gasteiger partial charge is 0.188 e. The first-order valence-electron chi connectivity index (χ1n) is 2.53. The van der Waals surface area contributed by atoms with Crippen molar-refractivity contribution in [1.82, 2.24) is 0 Å². The molecule has 2 atom stereocenters. The fourth-order valence-corrected chi connectivity index (χ4v) is 0.691. The highest BCUT2D eigenvalue weighted by molar-refractivity contribution is 5.21. The monoisotopic (exact) mass is 158 g/mol. The predicted molar refractivity (Wildman–Crippen MR) is 23.9 cm³/mol. The van der Waals surface area contributed by atoms with Gasteiger partial charge in [-0.2, -0.15) is 0 Å². The third-order valence-electron chi connectivity index (χ3n) is 1.27. The van der Waals surface area contributed by atoms with Gasteiger partial charge in [-0.25, -0.2) is 22.0 Å². The van der Waals surface area contributed by atoms with Gasteiger partial charge in [0, 0.05) is 0 Å². The Hall–Kier alpha value is -0.610. The molecule has 0 aliphatic heterocycles. The van der Waals surface area contributed by atoms with E-state index in [-0.39, 0.29) is 0 Å².